The number of nitrogens with zero attached hydrogens (tertiary/aromatic N) is 2. The zero-order chi connectivity index (χ0) is 20.4. The Hall–Kier alpha value is -3.19. The highest BCUT2D eigenvalue weighted by Crippen LogP contribution is 2.29. The van der Waals surface area contributed by atoms with Crippen molar-refractivity contribution < 1.29 is 14.3 Å². The van der Waals surface area contributed by atoms with Crippen LogP contribution in [-0.2, 0) is 23.5 Å². The molecule has 1 aromatic heterocycles. The number of aromatic nitrogens is 1. The largest absolute Gasteiger partial charge is 0.486 e. The first-order valence-corrected chi connectivity index (χ1v) is 10.2. The average molecular weight is 407 g/mol. The van der Waals surface area contributed by atoms with Gasteiger partial charge in [0, 0.05) is 5.38 Å². The summed E-state index contributed by atoms with van der Waals surface area (Å²) in [6.45, 7) is 4.23. The van der Waals surface area contributed by atoms with Gasteiger partial charge in [0.2, 0.25) is 0 Å². The van der Waals surface area contributed by atoms with Gasteiger partial charge in [-0.2, -0.15) is 0 Å². The van der Waals surface area contributed by atoms with Crippen molar-refractivity contribution in [1.29, 1.82) is 0 Å². The van der Waals surface area contributed by atoms with Crippen molar-refractivity contribution >= 4 is 23.3 Å². The quantitative estimate of drug-likeness (QED) is 0.627. The van der Waals surface area contributed by atoms with Gasteiger partial charge in [0.1, 0.15) is 22.9 Å². The normalized spacial score (nSPS) is 18.8. The molecule has 0 spiro atoms. The molecule has 1 fully saturated rings. The van der Waals surface area contributed by atoms with Gasteiger partial charge >= 0.3 is 6.03 Å². The number of ether oxygens (including phenoxy) is 1. The monoisotopic (exact) mass is 407 g/mol. The number of carbonyl (C=O) groups is 2. The van der Waals surface area contributed by atoms with Crippen LogP contribution < -0.4 is 10.1 Å². The van der Waals surface area contributed by atoms with Crippen molar-refractivity contribution in [2.75, 3.05) is 0 Å². The molecule has 2 aromatic carbocycles. The van der Waals surface area contributed by atoms with Gasteiger partial charge in [-0.15, -0.1) is 11.3 Å². The molecule has 1 unspecified atom stereocenters. The number of nitrogens with one attached hydrogen (secondary N) is 1. The van der Waals surface area contributed by atoms with E-state index in [0.29, 0.717) is 12.3 Å². The summed E-state index contributed by atoms with van der Waals surface area (Å²) in [6, 6.07) is 16.7. The summed E-state index contributed by atoms with van der Waals surface area (Å²) in [6.07, 6.45) is 0. The Kier molecular flexibility index (Phi) is 5.07. The summed E-state index contributed by atoms with van der Waals surface area (Å²) in [5.74, 6) is 0.499. The standard InChI is InChI=1S/C22H21N3O3S/c1-15-8-10-18(11-9-15)28-13-19-23-17(14-29-19)12-25-20(26)22(2,24-21(25)27)16-6-4-3-5-7-16/h3-11,14H,12-13H2,1-2H3,(H,24,27). The lowest BCUT2D eigenvalue weighted by Crippen LogP contribution is -2.40. The van der Waals surface area contributed by atoms with E-state index < -0.39 is 11.6 Å². The van der Waals surface area contributed by atoms with Crippen molar-refractivity contribution in [3.8, 4) is 5.75 Å². The summed E-state index contributed by atoms with van der Waals surface area (Å²) >= 11 is 1.45. The van der Waals surface area contributed by atoms with Crippen LogP contribution in [0.3, 0.4) is 0 Å². The maximum Gasteiger partial charge on any atom is 0.325 e. The highest BCUT2D eigenvalue weighted by atomic mass is 32.1. The van der Waals surface area contributed by atoms with Gasteiger partial charge in [-0.25, -0.2) is 9.78 Å². The topological polar surface area (TPSA) is 71.5 Å². The van der Waals surface area contributed by atoms with Crippen LogP contribution in [0.15, 0.2) is 60.0 Å². The molecule has 148 valence electrons. The molecular weight excluding hydrogens is 386 g/mol. The second-order valence-corrected chi connectivity index (χ2v) is 8.09. The van der Waals surface area contributed by atoms with E-state index in [1.165, 1.54) is 21.8 Å². The molecule has 1 aliphatic heterocycles. The Morgan fingerprint density at radius 3 is 2.55 bits per heavy atom. The molecule has 0 saturated carbocycles. The van der Waals surface area contributed by atoms with Crippen molar-refractivity contribution in [2.45, 2.75) is 32.5 Å². The third-order valence-corrected chi connectivity index (χ3v) is 5.80. The molecule has 0 aliphatic carbocycles. The van der Waals surface area contributed by atoms with E-state index in [1.54, 1.807) is 6.92 Å². The average Bonchev–Trinajstić information content (AvgIpc) is 3.27. The van der Waals surface area contributed by atoms with Crippen molar-refractivity contribution in [3.63, 3.8) is 0 Å². The number of rotatable bonds is 6. The lowest BCUT2D eigenvalue weighted by Gasteiger charge is -2.21. The first-order valence-electron chi connectivity index (χ1n) is 9.28. The van der Waals surface area contributed by atoms with E-state index in [-0.39, 0.29) is 12.5 Å². The summed E-state index contributed by atoms with van der Waals surface area (Å²) < 4.78 is 5.75. The Bertz CT molecular complexity index is 1030. The SMILES string of the molecule is Cc1ccc(OCc2nc(CN3C(=O)NC(C)(c4ccccc4)C3=O)cs2)cc1. The zero-order valence-corrected chi connectivity index (χ0v) is 17.0. The van der Waals surface area contributed by atoms with Crippen LogP contribution >= 0.6 is 11.3 Å². The molecule has 1 atom stereocenters. The van der Waals surface area contributed by atoms with Crippen LogP contribution in [0, 0.1) is 6.92 Å². The zero-order valence-electron chi connectivity index (χ0n) is 16.2. The summed E-state index contributed by atoms with van der Waals surface area (Å²) in [4.78, 5) is 31.2. The van der Waals surface area contributed by atoms with Crippen LogP contribution in [0.1, 0.15) is 28.8 Å². The Morgan fingerprint density at radius 2 is 1.83 bits per heavy atom. The summed E-state index contributed by atoms with van der Waals surface area (Å²) in [7, 11) is 0. The number of benzene rings is 2. The van der Waals surface area contributed by atoms with Gasteiger partial charge in [-0.3, -0.25) is 9.69 Å². The maximum atomic E-state index is 13.0. The third-order valence-electron chi connectivity index (χ3n) is 4.93. The predicted octanol–water partition coefficient (Wildman–Crippen LogP) is 4.00. The highest BCUT2D eigenvalue weighted by molar-refractivity contribution is 7.09. The van der Waals surface area contributed by atoms with E-state index in [9.17, 15) is 9.59 Å². The van der Waals surface area contributed by atoms with Crippen molar-refractivity contribution in [1.82, 2.24) is 15.2 Å². The molecule has 4 rings (SSSR count). The maximum absolute atomic E-state index is 13.0. The summed E-state index contributed by atoms with van der Waals surface area (Å²) in [5.41, 5.74) is 1.53. The van der Waals surface area contributed by atoms with Gasteiger partial charge in [-0.1, -0.05) is 48.0 Å². The minimum Gasteiger partial charge on any atom is -0.486 e. The fourth-order valence-electron chi connectivity index (χ4n) is 3.24. The van der Waals surface area contributed by atoms with Gasteiger partial charge in [0.25, 0.3) is 5.91 Å². The van der Waals surface area contributed by atoms with E-state index in [1.807, 2.05) is 66.9 Å². The smallest absolute Gasteiger partial charge is 0.325 e. The van der Waals surface area contributed by atoms with Gasteiger partial charge in [-0.05, 0) is 31.5 Å². The molecule has 0 bridgehead atoms. The van der Waals surface area contributed by atoms with Crippen LogP contribution in [-0.4, -0.2) is 21.8 Å². The number of amides is 3. The number of carbonyl (C=O) groups excluding carboxylic acids is 2. The Labute approximate surface area is 173 Å². The van der Waals surface area contributed by atoms with Gasteiger partial charge in [0.15, 0.2) is 0 Å². The molecular formula is C22H21N3O3S. The minimum absolute atomic E-state index is 0.133. The Balaban J connectivity index is 1.42. The van der Waals surface area contributed by atoms with Gasteiger partial charge in [0.05, 0.1) is 12.2 Å². The predicted molar refractivity (Wildman–Crippen MR) is 111 cm³/mol. The molecule has 7 heteroatoms. The van der Waals surface area contributed by atoms with E-state index >= 15 is 0 Å². The molecule has 3 aromatic rings. The molecule has 1 aliphatic rings. The molecule has 1 saturated heterocycles. The second kappa shape index (κ2) is 7.67. The van der Waals surface area contributed by atoms with Crippen molar-refractivity contribution in [2.24, 2.45) is 0 Å². The van der Waals surface area contributed by atoms with Crippen molar-refractivity contribution in [3.05, 3.63) is 81.8 Å². The second-order valence-electron chi connectivity index (χ2n) is 7.15. The number of thiazole rings is 1. The molecule has 1 N–H and O–H groups in total. The third kappa shape index (κ3) is 3.86. The number of aryl methyl sites for hydroxylation is 1. The minimum atomic E-state index is -1.06. The van der Waals surface area contributed by atoms with E-state index in [4.69, 9.17) is 4.74 Å². The number of urea groups is 1. The molecule has 2 heterocycles. The highest BCUT2D eigenvalue weighted by Gasteiger charge is 2.48. The van der Waals surface area contributed by atoms with Crippen LogP contribution in [0.2, 0.25) is 0 Å². The van der Waals surface area contributed by atoms with Crippen LogP contribution in [0.4, 0.5) is 4.79 Å². The van der Waals surface area contributed by atoms with Crippen LogP contribution in [0.5, 0.6) is 5.75 Å². The number of hydrogen-bond donors (Lipinski definition) is 1. The van der Waals surface area contributed by atoms with Gasteiger partial charge < -0.3 is 10.1 Å². The lowest BCUT2D eigenvalue weighted by atomic mass is 9.92. The molecule has 6 nitrogen and oxygen atoms in total. The lowest BCUT2D eigenvalue weighted by molar-refractivity contribution is -0.131. The molecule has 0 radical (unpaired) electrons. The summed E-state index contributed by atoms with van der Waals surface area (Å²) in [5, 5.41) is 5.46. The first-order chi connectivity index (χ1) is 14.0. The molecule has 3 amide bonds. The fraction of sp³-hybridized carbons (Fsp3) is 0.227. The Morgan fingerprint density at radius 1 is 1.10 bits per heavy atom. The van der Waals surface area contributed by atoms with Crippen LogP contribution in [0.25, 0.3) is 0 Å². The number of hydrogen-bond acceptors (Lipinski definition) is 5. The first kappa shape index (κ1) is 19.1. The van der Waals surface area contributed by atoms with E-state index in [0.717, 1.165) is 16.3 Å². The number of imide groups is 1. The fourth-order valence-corrected chi connectivity index (χ4v) is 3.93. The molecule has 29 heavy (non-hydrogen) atoms. The van der Waals surface area contributed by atoms with E-state index in [2.05, 4.69) is 10.3 Å².